The maximum atomic E-state index is 13.7. The largest absolute Gasteiger partial charge is 0.403 e. The van der Waals surface area contributed by atoms with Crippen molar-refractivity contribution in [3.63, 3.8) is 0 Å². The van der Waals surface area contributed by atoms with Gasteiger partial charge < -0.3 is 4.42 Å². The minimum atomic E-state index is -0.829. The van der Waals surface area contributed by atoms with Crippen LogP contribution in [-0.2, 0) is 0 Å². The van der Waals surface area contributed by atoms with Crippen molar-refractivity contribution < 1.29 is 18.0 Å². The molecule has 1 aromatic heterocycles. The number of amides is 1. The van der Waals surface area contributed by atoms with Gasteiger partial charge >= 0.3 is 6.01 Å². The second kappa shape index (κ2) is 5.96. The topological polar surface area (TPSA) is 68.0 Å². The highest BCUT2D eigenvalue weighted by Gasteiger charge is 2.15. The van der Waals surface area contributed by atoms with Crippen LogP contribution in [0, 0.1) is 18.6 Å². The summed E-state index contributed by atoms with van der Waals surface area (Å²) >= 11 is 0. The van der Waals surface area contributed by atoms with Gasteiger partial charge in [0.25, 0.3) is 11.8 Å². The average molecular weight is 315 g/mol. The second-order valence-corrected chi connectivity index (χ2v) is 4.86. The van der Waals surface area contributed by atoms with Crippen LogP contribution >= 0.6 is 0 Å². The number of carbonyl (C=O) groups excluding carboxylic acids is 1. The molecule has 1 amide bonds. The predicted octanol–water partition coefficient (Wildman–Crippen LogP) is 3.58. The molecular formula is C16H11F2N3O2. The fourth-order valence-electron chi connectivity index (χ4n) is 2.00. The van der Waals surface area contributed by atoms with Gasteiger partial charge in [-0.05, 0) is 31.2 Å². The molecule has 0 fully saturated rings. The Morgan fingerprint density at radius 2 is 1.96 bits per heavy atom. The van der Waals surface area contributed by atoms with Gasteiger partial charge in [-0.1, -0.05) is 22.8 Å². The summed E-state index contributed by atoms with van der Waals surface area (Å²) in [5, 5.41) is 9.71. The second-order valence-electron chi connectivity index (χ2n) is 4.86. The molecule has 2 aromatic carbocycles. The summed E-state index contributed by atoms with van der Waals surface area (Å²) in [6.45, 7) is 1.86. The number of aryl methyl sites for hydroxylation is 1. The fraction of sp³-hybridized carbons (Fsp3) is 0.0625. The molecule has 0 saturated carbocycles. The molecule has 0 bridgehead atoms. The number of nitrogens with one attached hydrogen (secondary N) is 1. The van der Waals surface area contributed by atoms with Crippen molar-refractivity contribution in [3.8, 4) is 11.5 Å². The highest BCUT2D eigenvalue weighted by Crippen LogP contribution is 2.23. The van der Waals surface area contributed by atoms with Crippen LogP contribution in [0.1, 0.15) is 15.9 Å². The molecule has 0 atom stereocenters. The van der Waals surface area contributed by atoms with Crippen molar-refractivity contribution in [2.45, 2.75) is 6.92 Å². The molecule has 0 aliphatic rings. The Morgan fingerprint density at radius 1 is 1.13 bits per heavy atom. The molecule has 0 unspecified atom stereocenters. The Labute approximate surface area is 130 Å². The number of anilines is 1. The number of halogens is 2. The van der Waals surface area contributed by atoms with Gasteiger partial charge in [-0.3, -0.25) is 10.1 Å². The summed E-state index contributed by atoms with van der Waals surface area (Å²) in [6.07, 6.45) is 0. The Morgan fingerprint density at radius 3 is 2.70 bits per heavy atom. The maximum absolute atomic E-state index is 13.7. The molecule has 116 valence electrons. The van der Waals surface area contributed by atoms with Crippen LogP contribution in [0.3, 0.4) is 0 Å². The third-order valence-corrected chi connectivity index (χ3v) is 3.09. The van der Waals surface area contributed by atoms with Crippen LogP contribution < -0.4 is 5.32 Å². The van der Waals surface area contributed by atoms with Crippen LogP contribution in [0.4, 0.5) is 14.8 Å². The first-order chi connectivity index (χ1) is 11.0. The zero-order valence-corrected chi connectivity index (χ0v) is 12.0. The van der Waals surface area contributed by atoms with Crippen molar-refractivity contribution in [3.05, 3.63) is 65.2 Å². The molecule has 3 aromatic rings. The average Bonchev–Trinajstić information content (AvgIpc) is 2.95. The number of hydrogen-bond acceptors (Lipinski definition) is 4. The van der Waals surface area contributed by atoms with Crippen molar-refractivity contribution in [1.82, 2.24) is 10.2 Å². The van der Waals surface area contributed by atoms with E-state index in [1.807, 2.05) is 13.0 Å². The summed E-state index contributed by atoms with van der Waals surface area (Å²) in [6, 6.07) is 9.75. The summed E-state index contributed by atoms with van der Waals surface area (Å²) in [5.74, 6) is -2.12. The number of benzene rings is 2. The Hall–Kier alpha value is -3.09. The summed E-state index contributed by atoms with van der Waals surface area (Å²) < 4.78 is 31.8. The van der Waals surface area contributed by atoms with Crippen molar-refractivity contribution in [1.29, 1.82) is 0 Å². The Balaban J connectivity index is 1.81. The first-order valence-corrected chi connectivity index (χ1v) is 6.70. The smallest absolute Gasteiger partial charge is 0.322 e. The van der Waals surface area contributed by atoms with E-state index in [9.17, 15) is 13.6 Å². The van der Waals surface area contributed by atoms with Gasteiger partial charge in [-0.2, -0.15) is 0 Å². The number of nitrogens with zero attached hydrogens (tertiary/aromatic N) is 2. The van der Waals surface area contributed by atoms with Gasteiger partial charge in [0.2, 0.25) is 0 Å². The molecule has 7 heteroatoms. The molecule has 1 N–H and O–H groups in total. The number of hydrogen-bond donors (Lipinski definition) is 1. The summed E-state index contributed by atoms with van der Waals surface area (Å²) in [4.78, 5) is 12.1. The minimum Gasteiger partial charge on any atom is -0.403 e. The lowest BCUT2D eigenvalue weighted by Crippen LogP contribution is -2.12. The lowest BCUT2D eigenvalue weighted by atomic mass is 10.1. The molecule has 3 rings (SSSR count). The van der Waals surface area contributed by atoms with E-state index in [4.69, 9.17) is 4.42 Å². The van der Waals surface area contributed by atoms with Crippen LogP contribution in [0.2, 0.25) is 0 Å². The maximum Gasteiger partial charge on any atom is 0.322 e. The van der Waals surface area contributed by atoms with E-state index in [1.54, 1.807) is 18.2 Å². The van der Waals surface area contributed by atoms with E-state index in [2.05, 4.69) is 15.5 Å². The van der Waals surface area contributed by atoms with E-state index in [-0.39, 0.29) is 17.5 Å². The van der Waals surface area contributed by atoms with Crippen LogP contribution in [0.25, 0.3) is 11.5 Å². The molecule has 0 radical (unpaired) electrons. The summed E-state index contributed by atoms with van der Waals surface area (Å²) in [7, 11) is 0. The van der Waals surface area contributed by atoms with E-state index in [1.165, 1.54) is 6.07 Å². The van der Waals surface area contributed by atoms with Gasteiger partial charge in [0.15, 0.2) is 0 Å². The van der Waals surface area contributed by atoms with Gasteiger partial charge in [-0.25, -0.2) is 8.78 Å². The van der Waals surface area contributed by atoms with E-state index in [0.29, 0.717) is 11.6 Å². The Kier molecular flexibility index (Phi) is 3.84. The normalized spacial score (nSPS) is 10.6. The highest BCUT2D eigenvalue weighted by molar-refractivity contribution is 6.03. The van der Waals surface area contributed by atoms with Crippen molar-refractivity contribution in [2.75, 3.05) is 5.32 Å². The Bertz CT molecular complexity index is 877. The van der Waals surface area contributed by atoms with Gasteiger partial charge in [0.05, 0.1) is 5.56 Å². The fourth-order valence-corrected chi connectivity index (χ4v) is 2.00. The third kappa shape index (κ3) is 3.23. The van der Waals surface area contributed by atoms with E-state index >= 15 is 0 Å². The molecule has 0 spiro atoms. The van der Waals surface area contributed by atoms with Crippen LogP contribution in [-0.4, -0.2) is 16.1 Å². The highest BCUT2D eigenvalue weighted by atomic mass is 19.1. The molecule has 0 saturated heterocycles. The van der Waals surface area contributed by atoms with Crippen molar-refractivity contribution >= 4 is 11.9 Å². The molecule has 23 heavy (non-hydrogen) atoms. The van der Waals surface area contributed by atoms with Gasteiger partial charge in [-0.15, -0.1) is 5.10 Å². The molecule has 5 nitrogen and oxygen atoms in total. The number of rotatable bonds is 3. The standard InChI is InChI=1S/C16H11F2N3O2/c1-9-3-2-4-10(7-9)14(22)19-16-21-20-15(23-16)12-6-5-11(17)8-13(12)18/h2-8H,1H3,(H,19,21,22). The monoisotopic (exact) mass is 315 g/mol. The van der Waals surface area contributed by atoms with E-state index in [0.717, 1.165) is 11.6 Å². The zero-order valence-electron chi connectivity index (χ0n) is 12.0. The molecular weight excluding hydrogens is 304 g/mol. The predicted molar refractivity (Wildman–Crippen MR) is 78.8 cm³/mol. The van der Waals surface area contributed by atoms with Gasteiger partial charge in [0.1, 0.15) is 11.6 Å². The quantitative estimate of drug-likeness (QED) is 0.802. The lowest BCUT2D eigenvalue weighted by Gasteiger charge is -2.01. The van der Waals surface area contributed by atoms with E-state index < -0.39 is 17.5 Å². The summed E-state index contributed by atoms with van der Waals surface area (Å²) in [5.41, 5.74) is 1.31. The number of aromatic nitrogens is 2. The number of carbonyl (C=O) groups is 1. The molecule has 0 aliphatic heterocycles. The third-order valence-electron chi connectivity index (χ3n) is 3.09. The minimum absolute atomic E-state index is 0.0463. The van der Waals surface area contributed by atoms with Crippen LogP contribution in [0.5, 0.6) is 0 Å². The van der Waals surface area contributed by atoms with Gasteiger partial charge in [0, 0.05) is 11.6 Å². The zero-order chi connectivity index (χ0) is 16.4. The first-order valence-electron chi connectivity index (χ1n) is 6.70. The lowest BCUT2D eigenvalue weighted by molar-refractivity contribution is 0.102. The van der Waals surface area contributed by atoms with Crippen LogP contribution in [0.15, 0.2) is 46.9 Å². The van der Waals surface area contributed by atoms with Crippen molar-refractivity contribution in [2.24, 2.45) is 0 Å². The molecule has 0 aliphatic carbocycles. The first kappa shape index (κ1) is 14.8. The SMILES string of the molecule is Cc1cccc(C(=O)Nc2nnc(-c3ccc(F)cc3F)o2)c1. The molecule has 1 heterocycles.